The Morgan fingerprint density at radius 1 is 1.17 bits per heavy atom. The molecule has 0 aliphatic rings. The van der Waals surface area contributed by atoms with Gasteiger partial charge in [0.15, 0.2) is 6.10 Å². The van der Waals surface area contributed by atoms with E-state index in [4.69, 9.17) is 4.74 Å². The van der Waals surface area contributed by atoms with Crippen molar-refractivity contribution in [3.05, 3.63) is 60.4 Å². The Balaban J connectivity index is 1.65. The number of amides is 1. The van der Waals surface area contributed by atoms with Crippen LogP contribution in [0.2, 0.25) is 0 Å². The molecule has 1 unspecified atom stereocenters. The topological polar surface area (TPSA) is 84.1 Å². The highest BCUT2D eigenvalue weighted by atomic mass is 16.5. The lowest BCUT2D eigenvalue weighted by molar-refractivity contribution is -0.123. The van der Waals surface area contributed by atoms with E-state index in [0.29, 0.717) is 11.3 Å². The van der Waals surface area contributed by atoms with Crippen LogP contribution in [0.1, 0.15) is 17.3 Å². The number of aromatic nitrogens is 2. The predicted octanol–water partition coefficient (Wildman–Crippen LogP) is 2.75. The van der Waals surface area contributed by atoms with Crippen molar-refractivity contribution in [3.8, 4) is 0 Å². The van der Waals surface area contributed by atoms with Crippen molar-refractivity contribution in [2.75, 3.05) is 5.32 Å². The molecule has 3 aromatic rings. The first-order valence-electron chi connectivity index (χ1n) is 7.13. The molecule has 0 saturated carbocycles. The standard InChI is InChI=1S/C17H15N3O3/c1-11(16(21)20-13-5-3-2-4-6-13)23-17(22)12-7-8-14-15(9-12)19-10-18-14/h2-11H,1H3,(H,18,19)(H,20,21). The van der Waals surface area contributed by atoms with Crippen LogP contribution < -0.4 is 5.32 Å². The summed E-state index contributed by atoms with van der Waals surface area (Å²) in [4.78, 5) is 31.2. The van der Waals surface area contributed by atoms with E-state index in [1.54, 1.807) is 36.7 Å². The smallest absolute Gasteiger partial charge is 0.338 e. The Morgan fingerprint density at radius 2 is 1.96 bits per heavy atom. The van der Waals surface area contributed by atoms with Gasteiger partial charge in [-0.15, -0.1) is 0 Å². The second-order valence-corrected chi connectivity index (χ2v) is 5.04. The Bertz CT molecular complexity index is 842. The number of hydrogen-bond acceptors (Lipinski definition) is 4. The molecule has 2 N–H and O–H groups in total. The van der Waals surface area contributed by atoms with Gasteiger partial charge in [0.25, 0.3) is 5.91 Å². The Labute approximate surface area is 132 Å². The number of nitrogens with zero attached hydrogens (tertiary/aromatic N) is 1. The minimum Gasteiger partial charge on any atom is -0.449 e. The molecule has 0 fully saturated rings. The molecule has 0 spiro atoms. The number of imidazole rings is 1. The maximum absolute atomic E-state index is 12.1. The first-order chi connectivity index (χ1) is 11.1. The average Bonchev–Trinajstić information content (AvgIpc) is 3.03. The van der Waals surface area contributed by atoms with Gasteiger partial charge < -0.3 is 15.0 Å². The highest BCUT2D eigenvalue weighted by Gasteiger charge is 2.19. The minimum absolute atomic E-state index is 0.362. The third-order valence-corrected chi connectivity index (χ3v) is 3.35. The van der Waals surface area contributed by atoms with Gasteiger partial charge >= 0.3 is 5.97 Å². The van der Waals surface area contributed by atoms with E-state index in [1.807, 2.05) is 18.2 Å². The summed E-state index contributed by atoms with van der Waals surface area (Å²) in [5.41, 5.74) is 2.51. The molecule has 0 bridgehead atoms. The molecule has 1 heterocycles. The van der Waals surface area contributed by atoms with Gasteiger partial charge in [-0.05, 0) is 37.3 Å². The van der Waals surface area contributed by atoms with E-state index in [9.17, 15) is 9.59 Å². The monoisotopic (exact) mass is 309 g/mol. The van der Waals surface area contributed by atoms with Crippen LogP contribution in [0.3, 0.4) is 0 Å². The predicted molar refractivity (Wildman–Crippen MR) is 86.0 cm³/mol. The molecule has 1 amide bonds. The van der Waals surface area contributed by atoms with Crippen molar-refractivity contribution < 1.29 is 14.3 Å². The summed E-state index contributed by atoms with van der Waals surface area (Å²) < 4.78 is 5.21. The molecule has 2 aromatic carbocycles. The van der Waals surface area contributed by atoms with E-state index >= 15 is 0 Å². The number of aromatic amines is 1. The van der Waals surface area contributed by atoms with Gasteiger partial charge in [0, 0.05) is 5.69 Å². The number of benzene rings is 2. The zero-order valence-electron chi connectivity index (χ0n) is 12.4. The maximum atomic E-state index is 12.1. The van der Waals surface area contributed by atoms with Gasteiger partial charge in [-0.3, -0.25) is 4.79 Å². The number of rotatable bonds is 4. The summed E-state index contributed by atoms with van der Waals surface area (Å²) in [5, 5.41) is 2.69. The summed E-state index contributed by atoms with van der Waals surface area (Å²) in [6.45, 7) is 1.53. The van der Waals surface area contributed by atoms with Crippen molar-refractivity contribution in [3.63, 3.8) is 0 Å². The third-order valence-electron chi connectivity index (χ3n) is 3.35. The Hall–Kier alpha value is -3.15. The van der Waals surface area contributed by atoms with Crippen LogP contribution in [0.4, 0.5) is 5.69 Å². The van der Waals surface area contributed by atoms with Gasteiger partial charge in [-0.1, -0.05) is 18.2 Å². The number of ether oxygens (including phenoxy) is 1. The van der Waals surface area contributed by atoms with Crippen LogP contribution in [0, 0.1) is 0 Å². The number of nitrogens with one attached hydrogen (secondary N) is 2. The SMILES string of the molecule is CC(OC(=O)c1ccc2nc[nH]c2c1)C(=O)Nc1ccccc1. The first kappa shape index (κ1) is 14.8. The quantitative estimate of drug-likeness (QED) is 0.726. The Kier molecular flexibility index (Phi) is 4.05. The number of H-pyrrole nitrogens is 1. The number of carbonyl (C=O) groups is 2. The average molecular weight is 309 g/mol. The summed E-state index contributed by atoms with van der Waals surface area (Å²) in [6, 6.07) is 14.0. The molecule has 23 heavy (non-hydrogen) atoms. The molecule has 0 radical (unpaired) electrons. The molecule has 6 heteroatoms. The highest BCUT2D eigenvalue weighted by Crippen LogP contribution is 2.14. The van der Waals surface area contributed by atoms with Crippen molar-refractivity contribution in [2.45, 2.75) is 13.0 Å². The van der Waals surface area contributed by atoms with Crippen molar-refractivity contribution in [1.29, 1.82) is 0 Å². The molecule has 3 rings (SSSR count). The fourth-order valence-corrected chi connectivity index (χ4v) is 2.11. The number of para-hydroxylation sites is 1. The van der Waals surface area contributed by atoms with Crippen LogP contribution in [0.5, 0.6) is 0 Å². The van der Waals surface area contributed by atoms with E-state index in [1.165, 1.54) is 6.92 Å². The number of hydrogen-bond donors (Lipinski definition) is 2. The Morgan fingerprint density at radius 3 is 2.74 bits per heavy atom. The van der Waals surface area contributed by atoms with Crippen LogP contribution in [-0.4, -0.2) is 27.9 Å². The van der Waals surface area contributed by atoms with Crippen molar-refractivity contribution >= 4 is 28.6 Å². The summed E-state index contributed by atoms with van der Waals surface area (Å²) >= 11 is 0. The third kappa shape index (κ3) is 3.37. The summed E-state index contributed by atoms with van der Waals surface area (Å²) in [7, 11) is 0. The lowest BCUT2D eigenvalue weighted by atomic mass is 10.2. The molecular weight excluding hydrogens is 294 g/mol. The zero-order chi connectivity index (χ0) is 16.2. The number of carbonyl (C=O) groups excluding carboxylic acids is 2. The van der Waals surface area contributed by atoms with E-state index in [2.05, 4.69) is 15.3 Å². The van der Waals surface area contributed by atoms with Crippen molar-refractivity contribution in [1.82, 2.24) is 9.97 Å². The van der Waals surface area contributed by atoms with Crippen LogP contribution in [-0.2, 0) is 9.53 Å². The number of fused-ring (bicyclic) bond motifs is 1. The molecule has 0 saturated heterocycles. The van der Waals surface area contributed by atoms with Gasteiger partial charge in [0.05, 0.1) is 22.9 Å². The second kappa shape index (κ2) is 6.31. The molecular formula is C17H15N3O3. The fourth-order valence-electron chi connectivity index (χ4n) is 2.11. The van der Waals surface area contributed by atoms with Crippen molar-refractivity contribution in [2.24, 2.45) is 0 Å². The second-order valence-electron chi connectivity index (χ2n) is 5.04. The van der Waals surface area contributed by atoms with Crippen LogP contribution in [0.15, 0.2) is 54.9 Å². The van der Waals surface area contributed by atoms with E-state index in [0.717, 1.165) is 11.0 Å². The largest absolute Gasteiger partial charge is 0.449 e. The molecule has 1 aromatic heterocycles. The first-order valence-corrected chi connectivity index (χ1v) is 7.13. The lowest BCUT2D eigenvalue weighted by Gasteiger charge is -2.13. The summed E-state index contributed by atoms with van der Waals surface area (Å²) in [5.74, 6) is -0.940. The normalized spacial score (nSPS) is 11.9. The van der Waals surface area contributed by atoms with E-state index < -0.39 is 12.1 Å². The summed E-state index contributed by atoms with van der Waals surface area (Å²) in [6.07, 6.45) is 0.649. The zero-order valence-corrected chi connectivity index (χ0v) is 12.4. The number of esters is 1. The van der Waals surface area contributed by atoms with Gasteiger partial charge in [0.2, 0.25) is 0 Å². The molecule has 6 nitrogen and oxygen atoms in total. The van der Waals surface area contributed by atoms with Crippen LogP contribution >= 0.6 is 0 Å². The minimum atomic E-state index is -0.903. The van der Waals surface area contributed by atoms with Gasteiger partial charge in [-0.2, -0.15) is 0 Å². The number of anilines is 1. The van der Waals surface area contributed by atoms with E-state index in [-0.39, 0.29) is 5.91 Å². The lowest BCUT2D eigenvalue weighted by Crippen LogP contribution is -2.29. The van der Waals surface area contributed by atoms with Gasteiger partial charge in [-0.25, -0.2) is 9.78 Å². The molecule has 0 aliphatic carbocycles. The maximum Gasteiger partial charge on any atom is 0.338 e. The highest BCUT2D eigenvalue weighted by molar-refractivity contribution is 5.98. The van der Waals surface area contributed by atoms with Gasteiger partial charge in [0.1, 0.15) is 0 Å². The van der Waals surface area contributed by atoms with Crippen LogP contribution in [0.25, 0.3) is 11.0 Å². The molecule has 0 aliphatic heterocycles. The molecule has 116 valence electrons. The molecule has 1 atom stereocenters. The fraction of sp³-hybridized carbons (Fsp3) is 0.118.